The van der Waals surface area contributed by atoms with Gasteiger partial charge in [-0.1, -0.05) is 6.07 Å². The van der Waals surface area contributed by atoms with E-state index in [2.05, 4.69) is 5.32 Å². The molecule has 2 unspecified atom stereocenters. The summed E-state index contributed by atoms with van der Waals surface area (Å²) in [5, 5.41) is 2.21. The van der Waals surface area contributed by atoms with Crippen LogP contribution in [-0.2, 0) is 14.3 Å². The summed E-state index contributed by atoms with van der Waals surface area (Å²) >= 11 is 0. The Balaban J connectivity index is 2.06. The molecule has 7 heteroatoms. The van der Waals surface area contributed by atoms with Crippen LogP contribution in [0.2, 0.25) is 0 Å². The molecule has 0 bridgehead atoms. The largest absolute Gasteiger partial charge is 0.357 e. The highest BCUT2D eigenvalue weighted by Gasteiger charge is 2.47. The maximum absolute atomic E-state index is 14.2. The Morgan fingerprint density at radius 3 is 2.68 bits per heavy atom. The number of piperidine rings is 1. The monoisotopic (exact) mass is 306 g/mol. The molecule has 3 amide bonds. The summed E-state index contributed by atoms with van der Waals surface area (Å²) in [6.07, 6.45) is -0.634. The number of imide groups is 1. The zero-order valence-electron chi connectivity index (χ0n) is 12.2. The number of hydrogen-bond acceptors (Lipinski definition) is 4. The van der Waals surface area contributed by atoms with E-state index in [1.165, 1.54) is 24.1 Å². The first-order valence-electron chi connectivity index (χ1n) is 6.94. The summed E-state index contributed by atoms with van der Waals surface area (Å²) in [6, 6.07) is 1.95. The second-order valence-corrected chi connectivity index (χ2v) is 5.42. The van der Waals surface area contributed by atoms with Crippen LogP contribution < -0.4 is 5.32 Å². The van der Waals surface area contributed by atoms with E-state index in [1.807, 2.05) is 0 Å². The van der Waals surface area contributed by atoms with Crippen molar-refractivity contribution >= 4 is 17.7 Å². The molecule has 0 aliphatic carbocycles. The van der Waals surface area contributed by atoms with Crippen LogP contribution in [0.1, 0.15) is 40.6 Å². The molecule has 0 saturated carbocycles. The van der Waals surface area contributed by atoms with E-state index < -0.39 is 29.9 Å². The third kappa shape index (κ3) is 2.00. The number of ether oxygens (including phenoxy) is 1. The zero-order chi connectivity index (χ0) is 16.0. The van der Waals surface area contributed by atoms with Gasteiger partial charge in [-0.05, 0) is 25.0 Å². The lowest BCUT2D eigenvalue weighted by Crippen LogP contribution is -2.53. The van der Waals surface area contributed by atoms with Crippen LogP contribution in [-0.4, -0.2) is 35.8 Å². The van der Waals surface area contributed by atoms with Gasteiger partial charge in [-0.2, -0.15) is 0 Å². The van der Waals surface area contributed by atoms with Gasteiger partial charge in [0.25, 0.3) is 5.91 Å². The molecular weight excluding hydrogens is 291 g/mol. The predicted molar refractivity (Wildman–Crippen MR) is 73.2 cm³/mol. The number of methoxy groups -OCH3 is 1. The van der Waals surface area contributed by atoms with Crippen LogP contribution in [0.4, 0.5) is 4.39 Å². The molecule has 0 spiro atoms. The molecule has 3 rings (SSSR count). The Morgan fingerprint density at radius 1 is 1.32 bits per heavy atom. The van der Waals surface area contributed by atoms with Crippen LogP contribution in [0.15, 0.2) is 12.1 Å². The van der Waals surface area contributed by atoms with Gasteiger partial charge in [0.15, 0.2) is 6.23 Å². The van der Waals surface area contributed by atoms with E-state index in [-0.39, 0.29) is 29.9 Å². The van der Waals surface area contributed by atoms with Gasteiger partial charge in [0.2, 0.25) is 11.8 Å². The van der Waals surface area contributed by atoms with Crippen molar-refractivity contribution in [1.29, 1.82) is 0 Å². The lowest BCUT2D eigenvalue weighted by Gasteiger charge is -2.33. The number of rotatable bonds is 2. The van der Waals surface area contributed by atoms with Crippen LogP contribution >= 0.6 is 0 Å². The Labute approximate surface area is 126 Å². The van der Waals surface area contributed by atoms with Crippen LogP contribution in [0.5, 0.6) is 0 Å². The van der Waals surface area contributed by atoms with Gasteiger partial charge >= 0.3 is 0 Å². The third-order valence-electron chi connectivity index (χ3n) is 4.12. The first-order valence-corrected chi connectivity index (χ1v) is 6.94. The maximum Gasteiger partial charge on any atom is 0.257 e. The molecule has 1 aromatic rings. The number of nitrogens with zero attached hydrogens (tertiary/aromatic N) is 1. The van der Waals surface area contributed by atoms with Crippen molar-refractivity contribution in [2.24, 2.45) is 0 Å². The molecule has 6 nitrogen and oxygen atoms in total. The van der Waals surface area contributed by atoms with Crippen LogP contribution in [0, 0.1) is 12.7 Å². The zero-order valence-corrected chi connectivity index (χ0v) is 12.2. The average molecular weight is 306 g/mol. The molecule has 2 aliphatic rings. The summed E-state index contributed by atoms with van der Waals surface area (Å²) in [5.41, 5.74) is 1.01. The van der Waals surface area contributed by atoms with E-state index >= 15 is 0 Å². The molecule has 0 aromatic heterocycles. The standard InChI is InChI=1S/C15H15FN2O4/c1-7-3-4-8(16)12-11(7)14(21)18(15(12)22-2)9-5-6-10(19)17-13(9)20/h3-4,9,15H,5-6H2,1-2H3,(H,17,19,20). The molecule has 2 atom stereocenters. The predicted octanol–water partition coefficient (Wildman–Crippen LogP) is 1.04. The number of hydrogen-bond donors (Lipinski definition) is 1. The smallest absolute Gasteiger partial charge is 0.257 e. The number of halogens is 1. The Bertz CT molecular complexity index is 688. The number of aryl methyl sites for hydroxylation is 1. The minimum absolute atomic E-state index is 0.133. The van der Waals surface area contributed by atoms with Crippen molar-refractivity contribution in [2.45, 2.75) is 32.0 Å². The molecule has 0 radical (unpaired) electrons. The van der Waals surface area contributed by atoms with E-state index in [1.54, 1.807) is 6.92 Å². The molecule has 22 heavy (non-hydrogen) atoms. The second kappa shape index (κ2) is 5.17. The number of carbonyl (C=O) groups excluding carboxylic acids is 3. The van der Waals surface area contributed by atoms with Crippen molar-refractivity contribution < 1.29 is 23.5 Å². The summed E-state index contributed by atoms with van der Waals surface area (Å²) < 4.78 is 19.5. The third-order valence-corrected chi connectivity index (χ3v) is 4.12. The van der Waals surface area contributed by atoms with Crippen LogP contribution in [0.25, 0.3) is 0 Å². The highest BCUT2D eigenvalue weighted by Crippen LogP contribution is 2.40. The number of amides is 3. The second-order valence-electron chi connectivity index (χ2n) is 5.42. The van der Waals surface area contributed by atoms with Crippen molar-refractivity contribution in [3.63, 3.8) is 0 Å². The fraction of sp³-hybridized carbons (Fsp3) is 0.400. The Hall–Kier alpha value is -2.28. The van der Waals surface area contributed by atoms with Crippen molar-refractivity contribution in [2.75, 3.05) is 7.11 Å². The van der Waals surface area contributed by atoms with E-state index in [0.717, 1.165) is 0 Å². The SMILES string of the molecule is COC1c2c(F)ccc(C)c2C(=O)N1C1CCC(=O)NC1=O. The molecule has 1 fully saturated rings. The highest BCUT2D eigenvalue weighted by molar-refractivity contribution is 6.06. The van der Waals surface area contributed by atoms with Gasteiger partial charge in [0.05, 0.1) is 11.1 Å². The minimum atomic E-state index is -0.966. The molecular formula is C15H15FN2O4. The lowest BCUT2D eigenvalue weighted by atomic mass is 10.0. The van der Waals surface area contributed by atoms with Gasteiger partial charge in [-0.3, -0.25) is 24.6 Å². The summed E-state index contributed by atoms with van der Waals surface area (Å²) in [5.74, 6) is -1.93. The topological polar surface area (TPSA) is 75.7 Å². The first kappa shape index (κ1) is 14.6. The fourth-order valence-electron chi connectivity index (χ4n) is 3.09. The number of benzene rings is 1. The quantitative estimate of drug-likeness (QED) is 0.828. The lowest BCUT2D eigenvalue weighted by molar-refractivity contribution is -0.140. The molecule has 1 N–H and O–H groups in total. The molecule has 2 aliphatic heterocycles. The maximum atomic E-state index is 14.2. The molecule has 1 saturated heterocycles. The van der Waals surface area contributed by atoms with Crippen molar-refractivity contribution in [3.05, 3.63) is 34.6 Å². The number of fused-ring (bicyclic) bond motifs is 1. The molecule has 1 aromatic carbocycles. The summed E-state index contributed by atoms with van der Waals surface area (Å²) in [7, 11) is 1.35. The summed E-state index contributed by atoms with van der Waals surface area (Å²) in [4.78, 5) is 37.2. The Kier molecular flexibility index (Phi) is 3.44. The average Bonchev–Trinajstić information content (AvgIpc) is 2.77. The van der Waals surface area contributed by atoms with Crippen molar-refractivity contribution in [3.8, 4) is 0 Å². The number of nitrogens with one attached hydrogen (secondary N) is 1. The summed E-state index contributed by atoms with van der Waals surface area (Å²) in [6.45, 7) is 1.71. The van der Waals surface area contributed by atoms with Gasteiger partial charge in [0.1, 0.15) is 11.9 Å². The molecule has 116 valence electrons. The van der Waals surface area contributed by atoms with Gasteiger partial charge in [0, 0.05) is 13.5 Å². The number of carbonyl (C=O) groups is 3. The van der Waals surface area contributed by atoms with E-state index in [4.69, 9.17) is 4.74 Å². The van der Waals surface area contributed by atoms with E-state index in [0.29, 0.717) is 5.56 Å². The Morgan fingerprint density at radius 2 is 2.05 bits per heavy atom. The minimum Gasteiger partial charge on any atom is -0.357 e. The van der Waals surface area contributed by atoms with Gasteiger partial charge in [-0.25, -0.2) is 4.39 Å². The molecule has 2 heterocycles. The van der Waals surface area contributed by atoms with Crippen molar-refractivity contribution in [1.82, 2.24) is 10.2 Å². The van der Waals surface area contributed by atoms with Gasteiger partial charge < -0.3 is 4.74 Å². The fourth-order valence-corrected chi connectivity index (χ4v) is 3.09. The highest BCUT2D eigenvalue weighted by atomic mass is 19.1. The van der Waals surface area contributed by atoms with Gasteiger partial charge in [-0.15, -0.1) is 0 Å². The van der Waals surface area contributed by atoms with E-state index in [9.17, 15) is 18.8 Å². The van der Waals surface area contributed by atoms with Crippen LogP contribution in [0.3, 0.4) is 0 Å². The first-order chi connectivity index (χ1) is 10.5. The normalized spacial score (nSPS) is 24.5.